The molecule has 1 N–H and O–H groups in total. The lowest BCUT2D eigenvalue weighted by Gasteiger charge is -2.04. The van der Waals surface area contributed by atoms with Gasteiger partial charge in [0.25, 0.3) is 0 Å². The molecule has 0 radical (unpaired) electrons. The Morgan fingerprint density at radius 2 is 2.21 bits per heavy atom. The molecule has 2 aromatic heterocycles. The van der Waals surface area contributed by atoms with Gasteiger partial charge in [-0.1, -0.05) is 13.8 Å². The number of H-pyrrole nitrogens is 1. The summed E-state index contributed by atoms with van der Waals surface area (Å²) in [5, 5.41) is 8.31. The van der Waals surface area contributed by atoms with Gasteiger partial charge in [0, 0.05) is 13.0 Å². The average molecular weight is 298 g/mol. The molecular formula is C12H18N4OS2. The zero-order valence-electron chi connectivity index (χ0n) is 11.6. The van der Waals surface area contributed by atoms with Crippen LogP contribution in [0.4, 0.5) is 0 Å². The molecule has 0 saturated heterocycles. The van der Waals surface area contributed by atoms with Crippen LogP contribution in [0.15, 0.2) is 0 Å². The first-order valence-electron chi connectivity index (χ1n) is 6.16. The number of rotatable bonds is 5. The van der Waals surface area contributed by atoms with Crippen LogP contribution in [0.2, 0.25) is 0 Å². The minimum atomic E-state index is 0.423. The Bertz CT molecular complexity index is 612. The van der Waals surface area contributed by atoms with Crippen molar-refractivity contribution in [3.63, 3.8) is 0 Å². The number of nitrogens with one attached hydrogen (secondary N) is 1. The minimum absolute atomic E-state index is 0.423. The fourth-order valence-corrected chi connectivity index (χ4v) is 3.04. The molecule has 19 heavy (non-hydrogen) atoms. The first-order chi connectivity index (χ1) is 9.04. The van der Waals surface area contributed by atoms with Crippen LogP contribution in [0.25, 0.3) is 10.7 Å². The second-order valence-electron chi connectivity index (χ2n) is 4.62. The zero-order valence-corrected chi connectivity index (χ0v) is 13.2. The maximum absolute atomic E-state index is 5.26. The molecule has 0 spiro atoms. The van der Waals surface area contributed by atoms with Gasteiger partial charge in [-0.2, -0.15) is 5.10 Å². The number of hydrogen-bond acceptors (Lipinski definition) is 5. The summed E-state index contributed by atoms with van der Waals surface area (Å²) in [4.78, 5) is 5.68. The SMILES string of the molecule is COCCn1c(-c2sc(C(C)C)nc2C)n[nH]c1=S. The second kappa shape index (κ2) is 5.94. The Labute approximate surface area is 121 Å². The van der Waals surface area contributed by atoms with Crippen molar-refractivity contribution in [2.45, 2.75) is 33.2 Å². The Morgan fingerprint density at radius 3 is 2.79 bits per heavy atom. The summed E-state index contributed by atoms with van der Waals surface area (Å²) >= 11 is 6.94. The van der Waals surface area contributed by atoms with Gasteiger partial charge >= 0.3 is 0 Å². The summed E-state index contributed by atoms with van der Waals surface area (Å²) in [7, 11) is 1.68. The van der Waals surface area contributed by atoms with Crippen LogP contribution < -0.4 is 0 Å². The number of nitrogens with zero attached hydrogens (tertiary/aromatic N) is 3. The molecule has 2 heterocycles. The van der Waals surface area contributed by atoms with Crippen molar-refractivity contribution in [3.05, 3.63) is 15.5 Å². The smallest absolute Gasteiger partial charge is 0.195 e. The van der Waals surface area contributed by atoms with Gasteiger partial charge in [0.2, 0.25) is 0 Å². The van der Waals surface area contributed by atoms with E-state index in [-0.39, 0.29) is 0 Å². The Morgan fingerprint density at radius 1 is 1.47 bits per heavy atom. The van der Waals surface area contributed by atoms with E-state index in [1.165, 1.54) is 0 Å². The van der Waals surface area contributed by atoms with E-state index in [2.05, 4.69) is 29.0 Å². The number of aromatic nitrogens is 4. The van der Waals surface area contributed by atoms with Crippen molar-refractivity contribution in [1.29, 1.82) is 0 Å². The number of thiazole rings is 1. The predicted octanol–water partition coefficient (Wildman–Crippen LogP) is 3.14. The first kappa shape index (κ1) is 14.4. The Hall–Kier alpha value is -1.05. The van der Waals surface area contributed by atoms with E-state index in [0.717, 1.165) is 21.4 Å². The molecule has 2 rings (SSSR count). The number of ether oxygens (including phenoxy) is 1. The van der Waals surface area contributed by atoms with E-state index in [1.54, 1.807) is 18.4 Å². The van der Waals surface area contributed by atoms with Gasteiger partial charge in [0.05, 0.1) is 28.7 Å². The molecule has 0 saturated carbocycles. The van der Waals surface area contributed by atoms with E-state index in [9.17, 15) is 0 Å². The third-order valence-corrected chi connectivity index (χ3v) is 4.55. The fraction of sp³-hybridized carbons (Fsp3) is 0.583. The highest BCUT2D eigenvalue weighted by Gasteiger charge is 2.17. The summed E-state index contributed by atoms with van der Waals surface area (Å²) in [6.45, 7) is 7.59. The van der Waals surface area contributed by atoms with Crippen molar-refractivity contribution < 1.29 is 4.74 Å². The van der Waals surface area contributed by atoms with Gasteiger partial charge < -0.3 is 4.74 Å². The highest BCUT2D eigenvalue weighted by molar-refractivity contribution is 7.71. The van der Waals surface area contributed by atoms with Crippen LogP contribution in [-0.2, 0) is 11.3 Å². The lowest BCUT2D eigenvalue weighted by Crippen LogP contribution is -2.06. The van der Waals surface area contributed by atoms with E-state index >= 15 is 0 Å². The number of hydrogen-bond donors (Lipinski definition) is 1. The van der Waals surface area contributed by atoms with Crippen molar-refractivity contribution >= 4 is 23.6 Å². The zero-order chi connectivity index (χ0) is 14.0. The Kier molecular flexibility index (Phi) is 4.49. The van der Waals surface area contributed by atoms with Crippen LogP contribution in [0.3, 0.4) is 0 Å². The Balaban J connectivity index is 2.44. The van der Waals surface area contributed by atoms with E-state index in [1.807, 2.05) is 11.5 Å². The maximum Gasteiger partial charge on any atom is 0.195 e. The lowest BCUT2D eigenvalue weighted by atomic mass is 10.2. The summed E-state index contributed by atoms with van der Waals surface area (Å²) in [5.41, 5.74) is 1.00. The predicted molar refractivity (Wildman–Crippen MR) is 79.2 cm³/mol. The summed E-state index contributed by atoms with van der Waals surface area (Å²) in [6, 6.07) is 0. The number of methoxy groups -OCH3 is 1. The summed E-state index contributed by atoms with van der Waals surface area (Å²) in [5.74, 6) is 1.27. The van der Waals surface area contributed by atoms with Crippen LogP contribution >= 0.6 is 23.6 Å². The average Bonchev–Trinajstić information content (AvgIpc) is 2.90. The molecule has 0 bridgehead atoms. The van der Waals surface area contributed by atoms with Crippen LogP contribution in [0.1, 0.15) is 30.5 Å². The van der Waals surface area contributed by atoms with Gasteiger partial charge in [-0.15, -0.1) is 11.3 Å². The van der Waals surface area contributed by atoms with E-state index in [4.69, 9.17) is 17.0 Å². The second-order valence-corrected chi connectivity index (χ2v) is 6.04. The third-order valence-electron chi connectivity index (χ3n) is 2.79. The quantitative estimate of drug-likeness (QED) is 0.862. The summed E-state index contributed by atoms with van der Waals surface area (Å²) < 4.78 is 7.69. The third kappa shape index (κ3) is 2.93. The molecule has 0 aliphatic carbocycles. The standard InChI is InChI=1S/C12H18N4OS2/c1-7(2)11-13-8(3)9(19-11)10-14-15-12(18)16(10)5-6-17-4/h7H,5-6H2,1-4H3,(H,15,18). The topological polar surface area (TPSA) is 55.7 Å². The normalized spacial score (nSPS) is 11.4. The molecule has 0 aliphatic heterocycles. The maximum atomic E-state index is 5.26. The molecule has 0 unspecified atom stereocenters. The van der Waals surface area contributed by atoms with Crippen LogP contribution in [-0.4, -0.2) is 33.5 Å². The minimum Gasteiger partial charge on any atom is -0.383 e. The van der Waals surface area contributed by atoms with Crippen LogP contribution in [0, 0.1) is 11.7 Å². The highest BCUT2D eigenvalue weighted by atomic mass is 32.1. The van der Waals surface area contributed by atoms with E-state index in [0.29, 0.717) is 23.8 Å². The van der Waals surface area contributed by atoms with Gasteiger partial charge in [-0.05, 0) is 19.1 Å². The van der Waals surface area contributed by atoms with Gasteiger partial charge in [-0.25, -0.2) is 4.98 Å². The van der Waals surface area contributed by atoms with Crippen molar-refractivity contribution in [2.24, 2.45) is 0 Å². The van der Waals surface area contributed by atoms with Crippen molar-refractivity contribution in [2.75, 3.05) is 13.7 Å². The number of aryl methyl sites for hydroxylation is 1. The molecule has 0 aromatic carbocycles. The molecular weight excluding hydrogens is 280 g/mol. The fourth-order valence-electron chi connectivity index (χ4n) is 1.75. The molecule has 2 aromatic rings. The van der Waals surface area contributed by atoms with Crippen molar-refractivity contribution in [1.82, 2.24) is 19.7 Å². The molecule has 0 fully saturated rings. The lowest BCUT2D eigenvalue weighted by molar-refractivity contribution is 0.187. The molecule has 0 atom stereocenters. The molecule has 104 valence electrons. The molecule has 7 heteroatoms. The summed E-state index contributed by atoms with van der Waals surface area (Å²) in [6.07, 6.45) is 0. The van der Waals surface area contributed by atoms with Gasteiger partial charge in [0.1, 0.15) is 0 Å². The van der Waals surface area contributed by atoms with E-state index < -0.39 is 0 Å². The molecule has 0 amide bonds. The molecule has 5 nitrogen and oxygen atoms in total. The monoisotopic (exact) mass is 298 g/mol. The van der Waals surface area contributed by atoms with Gasteiger partial charge in [0.15, 0.2) is 10.6 Å². The largest absolute Gasteiger partial charge is 0.383 e. The highest BCUT2D eigenvalue weighted by Crippen LogP contribution is 2.32. The van der Waals surface area contributed by atoms with Crippen molar-refractivity contribution in [3.8, 4) is 10.7 Å². The van der Waals surface area contributed by atoms with Crippen LogP contribution in [0.5, 0.6) is 0 Å². The molecule has 0 aliphatic rings. The number of aromatic amines is 1. The first-order valence-corrected chi connectivity index (χ1v) is 7.39. The van der Waals surface area contributed by atoms with Gasteiger partial charge in [-0.3, -0.25) is 9.67 Å².